The highest BCUT2D eigenvalue weighted by atomic mass is 32.2. The molecule has 11 heteroatoms. The van der Waals surface area contributed by atoms with E-state index in [1.807, 2.05) is 13.8 Å². The standard InChI is InChI=1S/C17H23N5O4S2/c1-5-11(4)18-15(24)12-8-6-7-9-13(12)22-28(25,26)17-21-20-16(27-17)19-14(23)10(2)3/h6-11,22H,5H2,1-4H3,(H,18,24)(H,19,20,23). The van der Waals surface area contributed by atoms with Gasteiger partial charge in [-0.05, 0) is 25.5 Å². The van der Waals surface area contributed by atoms with Crippen LogP contribution in [0.25, 0.3) is 0 Å². The summed E-state index contributed by atoms with van der Waals surface area (Å²) >= 11 is 0.728. The molecule has 0 fully saturated rings. The lowest BCUT2D eigenvalue weighted by atomic mass is 10.1. The van der Waals surface area contributed by atoms with Gasteiger partial charge in [-0.1, -0.05) is 44.2 Å². The summed E-state index contributed by atoms with van der Waals surface area (Å²) in [5.74, 6) is -0.951. The van der Waals surface area contributed by atoms with E-state index in [0.717, 1.165) is 17.8 Å². The third-order valence-electron chi connectivity index (χ3n) is 3.80. The Morgan fingerprint density at radius 2 is 1.82 bits per heavy atom. The highest BCUT2D eigenvalue weighted by Gasteiger charge is 2.24. The van der Waals surface area contributed by atoms with Crippen molar-refractivity contribution in [3.05, 3.63) is 29.8 Å². The van der Waals surface area contributed by atoms with Crippen LogP contribution in [0.15, 0.2) is 28.6 Å². The van der Waals surface area contributed by atoms with Gasteiger partial charge >= 0.3 is 0 Å². The van der Waals surface area contributed by atoms with Crippen LogP contribution >= 0.6 is 11.3 Å². The monoisotopic (exact) mass is 425 g/mol. The van der Waals surface area contributed by atoms with E-state index in [9.17, 15) is 18.0 Å². The molecule has 0 spiro atoms. The minimum atomic E-state index is -4.07. The average molecular weight is 426 g/mol. The fraction of sp³-hybridized carbons (Fsp3) is 0.412. The van der Waals surface area contributed by atoms with Crippen LogP contribution in [0.1, 0.15) is 44.5 Å². The maximum absolute atomic E-state index is 12.6. The molecular formula is C17H23N5O4S2. The van der Waals surface area contributed by atoms with Crippen LogP contribution in [-0.4, -0.2) is 36.5 Å². The number of sulfonamides is 1. The zero-order chi connectivity index (χ0) is 20.9. The molecule has 2 amide bonds. The molecule has 1 heterocycles. The number of nitrogens with zero attached hydrogens (tertiary/aromatic N) is 2. The maximum Gasteiger partial charge on any atom is 0.291 e. The van der Waals surface area contributed by atoms with E-state index < -0.39 is 10.0 Å². The molecule has 1 atom stereocenters. The molecule has 1 aromatic heterocycles. The lowest BCUT2D eigenvalue weighted by Crippen LogP contribution is -2.32. The first kappa shape index (κ1) is 21.8. The quantitative estimate of drug-likeness (QED) is 0.557. The van der Waals surface area contributed by atoms with E-state index in [4.69, 9.17) is 0 Å². The summed E-state index contributed by atoms with van der Waals surface area (Å²) in [5, 5.41) is 12.7. The molecule has 0 saturated carbocycles. The predicted molar refractivity (Wildman–Crippen MR) is 108 cm³/mol. The van der Waals surface area contributed by atoms with Gasteiger partial charge in [-0.3, -0.25) is 14.3 Å². The number of nitrogens with one attached hydrogen (secondary N) is 3. The smallest absolute Gasteiger partial charge is 0.291 e. The van der Waals surface area contributed by atoms with Gasteiger partial charge in [0.2, 0.25) is 11.0 Å². The van der Waals surface area contributed by atoms with Crippen LogP contribution in [0.2, 0.25) is 0 Å². The number of carbonyl (C=O) groups excluding carboxylic acids is 2. The SMILES string of the molecule is CCC(C)NC(=O)c1ccccc1NS(=O)(=O)c1nnc(NC(=O)C(C)C)s1. The van der Waals surface area contributed by atoms with Crippen molar-refractivity contribution in [3.63, 3.8) is 0 Å². The maximum atomic E-state index is 12.6. The number of benzene rings is 1. The van der Waals surface area contributed by atoms with E-state index in [2.05, 4.69) is 25.6 Å². The molecule has 1 unspecified atom stereocenters. The van der Waals surface area contributed by atoms with Crippen LogP contribution in [0.3, 0.4) is 0 Å². The fourth-order valence-corrected chi connectivity index (χ4v) is 3.96. The Bertz CT molecular complexity index is 956. The van der Waals surface area contributed by atoms with Crippen molar-refractivity contribution in [1.29, 1.82) is 0 Å². The van der Waals surface area contributed by atoms with Gasteiger partial charge in [-0.2, -0.15) is 8.42 Å². The lowest BCUT2D eigenvalue weighted by molar-refractivity contribution is -0.118. The number of hydrogen-bond acceptors (Lipinski definition) is 7. The molecule has 1 aromatic carbocycles. The van der Waals surface area contributed by atoms with E-state index in [-0.39, 0.29) is 44.5 Å². The van der Waals surface area contributed by atoms with E-state index in [0.29, 0.717) is 0 Å². The second kappa shape index (κ2) is 9.11. The molecule has 0 aliphatic carbocycles. The molecule has 0 aliphatic heterocycles. The van der Waals surface area contributed by atoms with Crippen molar-refractivity contribution in [3.8, 4) is 0 Å². The average Bonchev–Trinajstić information content (AvgIpc) is 3.11. The highest BCUT2D eigenvalue weighted by molar-refractivity contribution is 7.94. The number of amides is 2. The minimum Gasteiger partial charge on any atom is -0.350 e. The second-order valence-electron chi connectivity index (χ2n) is 6.45. The zero-order valence-electron chi connectivity index (χ0n) is 16.0. The third kappa shape index (κ3) is 5.49. The molecule has 0 radical (unpaired) electrons. The van der Waals surface area contributed by atoms with Gasteiger partial charge in [0.05, 0.1) is 11.3 Å². The molecule has 9 nitrogen and oxygen atoms in total. The number of aromatic nitrogens is 2. The van der Waals surface area contributed by atoms with Crippen LogP contribution in [0.4, 0.5) is 10.8 Å². The third-order valence-corrected chi connectivity index (χ3v) is 6.37. The van der Waals surface area contributed by atoms with Gasteiger partial charge in [0.25, 0.3) is 20.3 Å². The molecule has 2 rings (SSSR count). The summed E-state index contributed by atoms with van der Waals surface area (Å²) in [5.41, 5.74) is 0.329. The van der Waals surface area contributed by atoms with Crippen molar-refractivity contribution < 1.29 is 18.0 Å². The first-order valence-electron chi connectivity index (χ1n) is 8.71. The van der Waals surface area contributed by atoms with Crippen molar-refractivity contribution >= 4 is 44.0 Å². The van der Waals surface area contributed by atoms with Gasteiger partial charge in [0.1, 0.15) is 0 Å². The topological polar surface area (TPSA) is 130 Å². The molecule has 3 N–H and O–H groups in total. The Kier molecular flexibility index (Phi) is 7.08. The number of hydrogen-bond donors (Lipinski definition) is 3. The van der Waals surface area contributed by atoms with Crippen molar-refractivity contribution in [2.45, 2.75) is 44.5 Å². The Morgan fingerprint density at radius 1 is 1.14 bits per heavy atom. The van der Waals surface area contributed by atoms with Gasteiger partial charge in [-0.25, -0.2) is 0 Å². The number of rotatable bonds is 8. The van der Waals surface area contributed by atoms with Gasteiger partial charge in [0, 0.05) is 12.0 Å². The van der Waals surface area contributed by atoms with Gasteiger partial charge in [-0.15, -0.1) is 10.2 Å². The van der Waals surface area contributed by atoms with Gasteiger partial charge in [0.15, 0.2) is 0 Å². The molecule has 0 aliphatic rings. The van der Waals surface area contributed by atoms with E-state index in [1.54, 1.807) is 26.0 Å². The lowest BCUT2D eigenvalue weighted by Gasteiger charge is -2.14. The molecule has 0 saturated heterocycles. The van der Waals surface area contributed by atoms with Crippen molar-refractivity contribution in [2.75, 3.05) is 10.0 Å². The Labute approximate surface area is 168 Å². The number of carbonyl (C=O) groups is 2. The second-order valence-corrected chi connectivity index (χ2v) is 9.28. The first-order chi connectivity index (χ1) is 13.1. The summed E-state index contributed by atoms with van der Waals surface area (Å²) in [6, 6.07) is 6.24. The summed E-state index contributed by atoms with van der Waals surface area (Å²) in [6.45, 7) is 7.21. The number of para-hydroxylation sites is 1. The van der Waals surface area contributed by atoms with Crippen LogP contribution < -0.4 is 15.4 Å². The summed E-state index contributed by atoms with van der Waals surface area (Å²) in [4.78, 5) is 24.1. The van der Waals surface area contributed by atoms with Crippen molar-refractivity contribution in [2.24, 2.45) is 5.92 Å². The normalized spacial score (nSPS) is 12.5. The zero-order valence-corrected chi connectivity index (χ0v) is 17.6. The first-order valence-corrected chi connectivity index (χ1v) is 11.0. The summed E-state index contributed by atoms with van der Waals surface area (Å²) < 4.78 is 27.3. The molecule has 2 aromatic rings. The van der Waals surface area contributed by atoms with E-state index >= 15 is 0 Å². The van der Waals surface area contributed by atoms with Gasteiger partial charge < -0.3 is 10.6 Å². The minimum absolute atomic E-state index is 0.0487. The Hall–Kier alpha value is -2.53. The Morgan fingerprint density at radius 3 is 2.46 bits per heavy atom. The highest BCUT2D eigenvalue weighted by Crippen LogP contribution is 2.24. The van der Waals surface area contributed by atoms with Crippen LogP contribution in [0.5, 0.6) is 0 Å². The molecule has 28 heavy (non-hydrogen) atoms. The van der Waals surface area contributed by atoms with Crippen LogP contribution in [0, 0.1) is 5.92 Å². The predicted octanol–water partition coefficient (Wildman–Crippen LogP) is 2.46. The van der Waals surface area contributed by atoms with Crippen molar-refractivity contribution in [1.82, 2.24) is 15.5 Å². The molecular weight excluding hydrogens is 402 g/mol. The largest absolute Gasteiger partial charge is 0.350 e. The molecule has 152 valence electrons. The van der Waals surface area contributed by atoms with Crippen LogP contribution in [-0.2, 0) is 14.8 Å². The Balaban J connectivity index is 2.22. The summed E-state index contributed by atoms with van der Waals surface area (Å²) in [7, 11) is -4.07. The van der Waals surface area contributed by atoms with E-state index in [1.165, 1.54) is 12.1 Å². The molecule has 0 bridgehead atoms. The fourth-order valence-electron chi connectivity index (χ4n) is 1.98. The number of anilines is 2. The summed E-state index contributed by atoms with van der Waals surface area (Å²) in [6.07, 6.45) is 0.745.